The molecule has 260 valence electrons. The molecular weight excluding hydrogens is 642 g/mol. The van der Waals surface area contributed by atoms with Crippen molar-refractivity contribution in [2.45, 2.75) is 32.8 Å². The molecule has 10 heteroatoms. The Balaban J connectivity index is 1.23. The van der Waals surface area contributed by atoms with Crippen LogP contribution in [0.25, 0.3) is 45.7 Å². The first-order chi connectivity index (χ1) is 24.8. The zero-order chi connectivity index (χ0) is 35.7. The lowest BCUT2D eigenvalue weighted by Gasteiger charge is -2.21. The minimum Gasteiger partial charge on any atom is -0.507 e. The van der Waals surface area contributed by atoms with Gasteiger partial charge in [0.15, 0.2) is 0 Å². The average Bonchev–Trinajstić information content (AvgIpc) is 3.83. The van der Waals surface area contributed by atoms with Gasteiger partial charge in [-0.1, -0.05) is 78.9 Å². The van der Waals surface area contributed by atoms with E-state index < -0.39 is 12.1 Å². The number of carbonyl (C=O) groups excluding carboxylic acids is 1. The van der Waals surface area contributed by atoms with Crippen LogP contribution in [-0.4, -0.2) is 57.8 Å². The summed E-state index contributed by atoms with van der Waals surface area (Å²) >= 11 is 0. The lowest BCUT2D eigenvalue weighted by atomic mass is 10.0. The number of hydrogen-bond donors (Lipinski definition) is 5. The normalized spacial score (nSPS) is 13.9. The number of carboxylic acids is 1. The Bertz CT molecular complexity index is 2030. The molecule has 4 aromatic carbocycles. The van der Waals surface area contributed by atoms with Gasteiger partial charge in [-0.15, -0.1) is 0 Å². The van der Waals surface area contributed by atoms with E-state index in [1.165, 1.54) is 11.6 Å². The minimum atomic E-state index is -1.07. The number of amides is 1. The van der Waals surface area contributed by atoms with E-state index in [1.807, 2.05) is 78.9 Å². The Morgan fingerprint density at radius 1 is 0.922 bits per heavy atom. The number of aromatic nitrogens is 2. The third kappa shape index (κ3) is 8.37. The van der Waals surface area contributed by atoms with Crippen LogP contribution in [0.5, 0.6) is 5.75 Å². The fourth-order valence-electron chi connectivity index (χ4n) is 6.00. The first kappa shape index (κ1) is 34.7. The highest BCUT2D eigenvalue weighted by Gasteiger charge is 2.24. The molecule has 0 radical (unpaired) electrons. The molecule has 2 heterocycles. The summed E-state index contributed by atoms with van der Waals surface area (Å²) in [6.45, 7) is 6.39. The number of phenolic OH excluding ortho intramolecular Hbond substituents is 1. The van der Waals surface area contributed by atoms with Crippen molar-refractivity contribution >= 4 is 29.3 Å². The second kappa shape index (κ2) is 16.1. The first-order valence-electron chi connectivity index (χ1n) is 17.1. The van der Waals surface area contributed by atoms with Crippen LogP contribution in [-0.2, 0) is 20.8 Å². The molecule has 0 saturated carbocycles. The lowest BCUT2D eigenvalue weighted by molar-refractivity contribution is -0.148. The van der Waals surface area contributed by atoms with Crippen molar-refractivity contribution in [2.24, 2.45) is 0 Å². The van der Waals surface area contributed by atoms with Gasteiger partial charge in [0.05, 0.1) is 22.6 Å². The maximum absolute atomic E-state index is 12.5. The Morgan fingerprint density at radius 3 is 2.29 bits per heavy atom. The molecule has 6 rings (SSSR count). The predicted molar refractivity (Wildman–Crippen MR) is 201 cm³/mol. The molecule has 5 aromatic rings. The van der Waals surface area contributed by atoms with Crippen molar-refractivity contribution in [3.05, 3.63) is 126 Å². The van der Waals surface area contributed by atoms with E-state index in [0.29, 0.717) is 29.3 Å². The topological polar surface area (TPSA) is 140 Å². The average molecular weight is 684 g/mol. The second-order valence-electron chi connectivity index (χ2n) is 12.2. The van der Waals surface area contributed by atoms with Crippen LogP contribution in [0.15, 0.2) is 109 Å². The number of aromatic amines is 1. The van der Waals surface area contributed by atoms with Crippen molar-refractivity contribution in [3.63, 3.8) is 0 Å². The number of H-pyrrole nitrogens is 1. The number of aliphatic carboxylic acids is 1. The summed E-state index contributed by atoms with van der Waals surface area (Å²) in [4.78, 5) is 39.5. The third-order valence-corrected chi connectivity index (χ3v) is 8.81. The van der Waals surface area contributed by atoms with E-state index in [4.69, 9.17) is 9.82 Å². The molecule has 0 bridgehead atoms. The Labute approximate surface area is 297 Å². The minimum absolute atomic E-state index is 0.118. The lowest BCUT2D eigenvalue weighted by Crippen LogP contribution is -2.22. The van der Waals surface area contributed by atoms with E-state index in [2.05, 4.69) is 46.7 Å². The molecule has 1 aliphatic heterocycles. The summed E-state index contributed by atoms with van der Waals surface area (Å²) in [7, 11) is 0. The molecule has 0 aliphatic carbocycles. The van der Waals surface area contributed by atoms with Gasteiger partial charge in [0, 0.05) is 48.6 Å². The van der Waals surface area contributed by atoms with Gasteiger partial charge in [-0.3, -0.25) is 15.1 Å². The van der Waals surface area contributed by atoms with E-state index in [-0.39, 0.29) is 11.7 Å². The third-order valence-electron chi connectivity index (χ3n) is 8.81. The van der Waals surface area contributed by atoms with Crippen LogP contribution in [0.4, 0.5) is 5.69 Å². The molecule has 10 nitrogen and oxygen atoms in total. The van der Waals surface area contributed by atoms with Crippen molar-refractivity contribution in [3.8, 4) is 39.7 Å². The van der Waals surface area contributed by atoms with Crippen LogP contribution in [0, 0.1) is 0 Å². The van der Waals surface area contributed by atoms with Gasteiger partial charge < -0.3 is 25.4 Å². The number of carboxylic acid groups (broad SMARTS) is 1. The Hall–Kier alpha value is -6.13. The SMILES string of the molecule is CCN(CC)c1ccc(-c2nc(-c3ccc(C4=CC(C(=O)O)ON4)cc3)c(-c3ccc(C=CC(=O)NCCCc4ccccc4)cc3)[nH]2)c(O)c1. The summed E-state index contributed by atoms with van der Waals surface area (Å²) in [5, 5.41) is 23.3. The molecule has 1 amide bonds. The molecule has 1 aliphatic rings. The Kier molecular flexibility index (Phi) is 10.9. The van der Waals surface area contributed by atoms with Crippen LogP contribution < -0.4 is 15.7 Å². The second-order valence-corrected chi connectivity index (χ2v) is 12.2. The molecule has 0 fully saturated rings. The van der Waals surface area contributed by atoms with Crippen molar-refractivity contribution in [1.29, 1.82) is 0 Å². The molecule has 1 unspecified atom stereocenters. The summed E-state index contributed by atoms with van der Waals surface area (Å²) < 4.78 is 0. The number of imidazole rings is 1. The number of phenols is 1. The van der Waals surface area contributed by atoms with Gasteiger partial charge in [0.1, 0.15) is 11.6 Å². The number of carbonyl (C=O) groups is 2. The quantitative estimate of drug-likeness (QED) is 0.0620. The van der Waals surface area contributed by atoms with Crippen molar-refractivity contribution in [2.75, 3.05) is 24.5 Å². The number of anilines is 1. The van der Waals surface area contributed by atoms with Crippen LogP contribution >= 0.6 is 0 Å². The summed E-state index contributed by atoms with van der Waals surface area (Å²) in [6, 6.07) is 31.2. The molecule has 1 atom stereocenters. The largest absolute Gasteiger partial charge is 0.507 e. The number of hydrogen-bond acceptors (Lipinski definition) is 7. The molecular formula is C41H41N5O5. The van der Waals surface area contributed by atoms with Gasteiger partial charge >= 0.3 is 5.97 Å². The standard InChI is InChI=1S/C41H41N5O5/c1-3-46(4-2)32-21-22-33(35(47)25-32)40-43-38(39(44-40)31-19-17-29(18-20-31)34-26-36(41(49)50)51-45-34)30-15-12-28(13-16-30)14-23-37(48)42-24-8-11-27-9-6-5-7-10-27/h5-7,9-10,12-23,25-26,36,45,47H,3-4,8,11,24H2,1-2H3,(H,42,48)(H,43,44)(H,49,50). The van der Waals surface area contributed by atoms with Crippen LogP contribution in [0.1, 0.15) is 37.0 Å². The van der Waals surface area contributed by atoms with Gasteiger partial charge in [0.2, 0.25) is 12.0 Å². The summed E-state index contributed by atoms with van der Waals surface area (Å²) in [5.74, 6) is -0.585. The number of benzene rings is 4. The van der Waals surface area contributed by atoms with E-state index in [1.54, 1.807) is 18.2 Å². The van der Waals surface area contributed by atoms with Gasteiger partial charge in [-0.25, -0.2) is 9.78 Å². The van der Waals surface area contributed by atoms with E-state index >= 15 is 0 Å². The molecule has 51 heavy (non-hydrogen) atoms. The van der Waals surface area contributed by atoms with Crippen LogP contribution in [0.2, 0.25) is 0 Å². The Morgan fingerprint density at radius 2 is 1.63 bits per heavy atom. The highest BCUT2D eigenvalue weighted by molar-refractivity contribution is 5.92. The highest BCUT2D eigenvalue weighted by atomic mass is 16.7. The van der Waals surface area contributed by atoms with Crippen molar-refractivity contribution in [1.82, 2.24) is 20.8 Å². The smallest absolute Gasteiger partial charge is 0.339 e. The highest BCUT2D eigenvalue weighted by Crippen LogP contribution is 2.37. The summed E-state index contributed by atoms with van der Waals surface area (Å²) in [6.07, 6.45) is 5.56. The maximum atomic E-state index is 12.5. The van der Waals surface area contributed by atoms with Crippen molar-refractivity contribution < 1.29 is 24.6 Å². The molecule has 0 saturated heterocycles. The fraction of sp³-hybridized carbons (Fsp3) is 0.195. The number of hydroxylamine groups is 1. The number of nitrogens with one attached hydrogen (secondary N) is 3. The molecule has 1 aromatic heterocycles. The zero-order valence-corrected chi connectivity index (χ0v) is 28.6. The number of aromatic hydroxyl groups is 1. The van der Waals surface area contributed by atoms with Crippen LogP contribution in [0.3, 0.4) is 0 Å². The van der Waals surface area contributed by atoms with E-state index in [0.717, 1.165) is 59.6 Å². The maximum Gasteiger partial charge on any atom is 0.339 e. The zero-order valence-electron chi connectivity index (χ0n) is 28.6. The number of aryl methyl sites for hydroxylation is 1. The molecule has 5 N–H and O–H groups in total. The predicted octanol–water partition coefficient (Wildman–Crippen LogP) is 7.05. The van der Waals surface area contributed by atoms with Gasteiger partial charge in [0.25, 0.3) is 0 Å². The molecule has 0 spiro atoms. The number of rotatable bonds is 14. The summed E-state index contributed by atoms with van der Waals surface area (Å²) in [5.41, 5.74) is 10.8. The van der Waals surface area contributed by atoms with Gasteiger partial charge in [-0.2, -0.15) is 0 Å². The fourth-order valence-corrected chi connectivity index (χ4v) is 6.00. The van der Waals surface area contributed by atoms with Gasteiger partial charge in [-0.05, 0) is 67.7 Å². The first-order valence-corrected chi connectivity index (χ1v) is 17.1. The van der Waals surface area contributed by atoms with E-state index in [9.17, 15) is 19.8 Å². The monoisotopic (exact) mass is 683 g/mol. The number of nitrogens with zero attached hydrogens (tertiary/aromatic N) is 2.